The van der Waals surface area contributed by atoms with Gasteiger partial charge in [-0.05, 0) is 6.92 Å². The van der Waals surface area contributed by atoms with Crippen LogP contribution in [0, 0.1) is 0 Å². The smallest absolute Gasteiger partial charge is 0.333 e. The van der Waals surface area contributed by atoms with E-state index in [0.717, 1.165) is 12.1 Å². The highest BCUT2D eigenvalue weighted by Gasteiger charge is 2.07. The van der Waals surface area contributed by atoms with Gasteiger partial charge in [0.25, 0.3) is 0 Å². The van der Waals surface area contributed by atoms with Crippen molar-refractivity contribution in [3.05, 3.63) is 30.2 Å². The van der Waals surface area contributed by atoms with Crippen molar-refractivity contribution in [2.45, 2.75) is 26.6 Å². The first-order chi connectivity index (χ1) is 8.19. The van der Waals surface area contributed by atoms with Crippen molar-refractivity contribution in [1.29, 1.82) is 0 Å². The van der Waals surface area contributed by atoms with Gasteiger partial charge in [0.15, 0.2) is 0 Å². The Hall–Kier alpha value is -1.63. The Kier molecular flexibility index (Phi) is 5.08. The predicted octanol–water partition coefficient (Wildman–Crippen LogP) is 2.53. The van der Waals surface area contributed by atoms with Crippen LogP contribution >= 0.6 is 12.4 Å². The highest BCUT2D eigenvalue weighted by atomic mass is 35.5. The van der Waals surface area contributed by atoms with Crippen molar-refractivity contribution in [2.75, 3.05) is 5.32 Å². The molecule has 0 radical (unpaired) electrons. The van der Waals surface area contributed by atoms with Crippen molar-refractivity contribution >= 4 is 18.2 Å². The van der Waals surface area contributed by atoms with Gasteiger partial charge in [0.2, 0.25) is 0 Å². The summed E-state index contributed by atoms with van der Waals surface area (Å²) in [6.07, 6.45) is 4.88. The molecule has 5 nitrogen and oxygen atoms in total. The topological polar surface area (TPSA) is 47.7 Å². The van der Waals surface area contributed by atoms with E-state index in [-0.39, 0.29) is 12.4 Å². The summed E-state index contributed by atoms with van der Waals surface area (Å²) >= 11 is 0. The van der Waals surface area contributed by atoms with Gasteiger partial charge in [0.1, 0.15) is 5.82 Å². The monoisotopic (exact) mass is 277 g/mol. The van der Waals surface area contributed by atoms with E-state index in [1.807, 2.05) is 13.1 Å². The highest BCUT2D eigenvalue weighted by molar-refractivity contribution is 5.85. The standard InChI is InChI=1S/C10H13F2N5.ClH/c1-2-16-7-8(6-14-16)5-13-9-3-4-17(15-9)10(11)12;/h3-4,6-7,10H,2,5H2,1H3,(H,13,15);1H. The van der Waals surface area contributed by atoms with Gasteiger partial charge in [-0.15, -0.1) is 12.4 Å². The Morgan fingerprint density at radius 2 is 2.22 bits per heavy atom. The number of nitrogens with zero attached hydrogens (tertiary/aromatic N) is 4. The van der Waals surface area contributed by atoms with Crippen LogP contribution in [0.25, 0.3) is 0 Å². The number of nitrogens with one attached hydrogen (secondary N) is 1. The number of hydrogen-bond acceptors (Lipinski definition) is 3. The Morgan fingerprint density at radius 1 is 1.44 bits per heavy atom. The van der Waals surface area contributed by atoms with Crippen LogP contribution in [-0.2, 0) is 13.1 Å². The third kappa shape index (κ3) is 3.43. The summed E-state index contributed by atoms with van der Waals surface area (Å²) in [4.78, 5) is 0. The molecule has 0 atom stereocenters. The molecule has 100 valence electrons. The lowest BCUT2D eigenvalue weighted by Crippen LogP contribution is -2.02. The maximum absolute atomic E-state index is 12.3. The van der Waals surface area contributed by atoms with Crippen molar-refractivity contribution in [3.8, 4) is 0 Å². The maximum atomic E-state index is 12.3. The van der Waals surface area contributed by atoms with E-state index in [4.69, 9.17) is 0 Å². The molecule has 0 amide bonds. The van der Waals surface area contributed by atoms with Gasteiger partial charge in [-0.1, -0.05) is 0 Å². The molecule has 0 aliphatic carbocycles. The summed E-state index contributed by atoms with van der Waals surface area (Å²) in [7, 11) is 0. The van der Waals surface area contributed by atoms with E-state index in [1.54, 1.807) is 10.9 Å². The van der Waals surface area contributed by atoms with Crippen molar-refractivity contribution in [2.24, 2.45) is 0 Å². The van der Waals surface area contributed by atoms with E-state index in [9.17, 15) is 8.78 Å². The van der Waals surface area contributed by atoms with Gasteiger partial charge in [-0.25, -0.2) is 4.68 Å². The Morgan fingerprint density at radius 3 is 2.78 bits per heavy atom. The quantitative estimate of drug-likeness (QED) is 0.914. The van der Waals surface area contributed by atoms with Crippen LogP contribution in [0.5, 0.6) is 0 Å². The number of anilines is 1. The van der Waals surface area contributed by atoms with Gasteiger partial charge >= 0.3 is 6.55 Å². The normalized spacial score (nSPS) is 10.4. The van der Waals surface area contributed by atoms with Crippen LogP contribution in [0.2, 0.25) is 0 Å². The molecule has 0 spiro atoms. The molecule has 2 heterocycles. The zero-order valence-electron chi connectivity index (χ0n) is 9.75. The van der Waals surface area contributed by atoms with Gasteiger partial charge < -0.3 is 5.32 Å². The summed E-state index contributed by atoms with van der Waals surface area (Å²) in [5, 5.41) is 10.7. The fourth-order valence-corrected chi connectivity index (χ4v) is 1.40. The highest BCUT2D eigenvalue weighted by Crippen LogP contribution is 2.12. The van der Waals surface area contributed by atoms with Crippen LogP contribution in [0.3, 0.4) is 0 Å². The fourth-order valence-electron chi connectivity index (χ4n) is 1.40. The van der Waals surface area contributed by atoms with Crippen LogP contribution in [0.15, 0.2) is 24.7 Å². The third-order valence-corrected chi connectivity index (χ3v) is 2.29. The van der Waals surface area contributed by atoms with Crippen LogP contribution < -0.4 is 5.32 Å². The summed E-state index contributed by atoms with van der Waals surface area (Å²) < 4.78 is 26.9. The average Bonchev–Trinajstić information content (AvgIpc) is 2.95. The van der Waals surface area contributed by atoms with Gasteiger partial charge in [0.05, 0.1) is 6.20 Å². The molecular weight excluding hydrogens is 264 g/mol. The van der Waals surface area contributed by atoms with E-state index < -0.39 is 6.55 Å². The molecule has 0 fully saturated rings. The molecular formula is C10H14ClF2N5. The van der Waals surface area contributed by atoms with E-state index in [0.29, 0.717) is 17.0 Å². The van der Waals surface area contributed by atoms with Gasteiger partial charge in [0, 0.05) is 37.1 Å². The third-order valence-electron chi connectivity index (χ3n) is 2.29. The first-order valence-corrected chi connectivity index (χ1v) is 5.27. The summed E-state index contributed by atoms with van der Waals surface area (Å²) in [6.45, 7) is 0.711. The second-order valence-electron chi connectivity index (χ2n) is 3.52. The number of aryl methyl sites for hydroxylation is 1. The van der Waals surface area contributed by atoms with Crippen molar-refractivity contribution in [1.82, 2.24) is 19.6 Å². The zero-order valence-corrected chi connectivity index (χ0v) is 10.6. The lowest BCUT2D eigenvalue weighted by Gasteiger charge is -2.00. The Balaban J connectivity index is 0.00000162. The summed E-state index contributed by atoms with van der Waals surface area (Å²) in [5.74, 6) is 0.426. The minimum Gasteiger partial charge on any atom is -0.364 e. The second kappa shape index (κ2) is 6.34. The molecule has 2 aromatic rings. The molecule has 2 rings (SSSR count). The first kappa shape index (κ1) is 14.4. The SMILES string of the molecule is CCn1cc(CNc2ccn(C(F)F)n2)cn1.Cl. The lowest BCUT2D eigenvalue weighted by atomic mass is 10.3. The number of rotatable bonds is 5. The van der Waals surface area contributed by atoms with Crippen LogP contribution in [-0.4, -0.2) is 19.6 Å². The average molecular weight is 278 g/mol. The van der Waals surface area contributed by atoms with Gasteiger partial charge in [-0.3, -0.25) is 4.68 Å². The molecule has 0 unspecified atom stereocenters. The summed E-state index contributed by atoms with van der Waals surface area (Å²) in [6, 6.07) is 1.51. The van der Waals surface area contributed by atoms with Crippen LogP contribution in [0.4, 0.5) is 14.6 Å². The fraction of sp³-hybridized carbons (Fsp3) is 0.400. The lowest BCUT2D eigenvalue weighted by molar-refractivity contribution is 0.0569. The molecule has 0 aliphatic heterocycles. The number of hydrogen-bond donors (Lipinski definition) is 1. The minimum atomic E-state index is -2.60. The van der Waals surface area contributed by atoms with E-state index in [2.05, 4.69) is 15.5 Å². The second-order valence-corrected chi connectivity index (χ2v) is 3.52. The molecule has 0 bridgehead atoms. The predicted molar refractivity (Wildman–Crippen MR) is 66.0 cm³/mol. The first-order valence-electron chi connectivity index (χ1n) is 5.27. The largest absolute Gasteiger partial charge is 0.364 e. The number of halogens is 3. The molecule has 0 aromatic carbocycles. The molecule has 1 N–H and O–H groups in total. The van der Waals surface area contributed by atoms with E-state index in [1.165, 1.54) is 12.3 Å². The Labute approximate surface area is 109 Å². The molecule has 0 saturated heterocycles. The molecule has 0 saturated carbocycles. The Bertz CT molecular complexity index is 482. The molecule has 18 heavy (non-hydrogen) atoms. The van der Waals surface area contributed by atoms with E-state index >= 15 is 0 Å². The molecule has 8 heteroatoms. The number of aromatic nitrogens is 4. The maximum Gasteiger partial charge on any atom is 0.333 e. The zero-order chi connectivity index (χ0) is 12.3. The number of alkyl halides is 2. The van der Waals surface area contributed by atoms with Gasteiger partial charge in [-0.2, -0.15) is 19.0 Å². The summed E-state index contributed by atoms with van der Waals surface area (Å²) in [5.41, 5.74) is 0.985. The van der Waals surface area contributed by atoms with Crippen LogP contribution in [0.1, 0.15) is 19.0 Å². The van der Waals surface area contributed by atoms with Crippen molar-refractivity contribution < 1.29 is 8.78 Å². The van der Waals surface area contributed by atoms with Crippen molar-refractivity contribution in [3.63, 3.8) is 0 Å². The molecule has 0 aliphatic rings. The molecule has 2 aromatic heterocycles. The minimum absolute atomic E-state index is 0.